The molecule has 1 saturated heterocycles. The monoisotopic (exact) mass is 575 g/mol. The number of H-pyrrole nitrogens is 1. The van der Waals surface area contributed by atoms with E-state index in [-0.39, 0.29) is 24.8 Å². The van der Waals surface area contributed by atoms with Gasteiger partial charge in [-0.15, -0.1) is 5.10 Å². The van der Waals surface area contributed by atoms with Gasteiger partial charge in [0.15, 0.2) is 12.1 Å². The molecule has 1 fully saturated rings. The first-order valence-electron chi connectivity index (χ1n) is 12.2. The smallest absolute Gasteiger partial charge is 0.348 e. The number of hydrogen-bond acceptors (Lipinski definition) is 6. The molecule has 40 heavy (non-hydrogen) atoms. The van der Waals surface area contributed by atoms with Gasteiger partial charge < -0.3 is 19.3 Å². The van der Waals surface area contributed by atoms with Crippen LogP contribution in [0.15, 0.2) is 42.5 Å². The fourth-order valence-corrected chi connectivity index (χ4v) is 4.70. The zero-order valence-electron chi connectivity index (χ0n) is 22.1. The number of anilines is 1. The Bertz CT molecular complexity index is 1280. The number of hydrogen-bond donors (Lipinski definition) is 1. The molecule has 218 valence electrons. The highest BCUT2D eigenvalue weighted by atomic mass is 19.4. The van der Waals surface area contributed by atoms with Gasteiger partial charge in [0, 0.05) is 13.1 Å². The van der Waals surface area contributed by atoms with Crippen LogP contribution in [0.2, 0.25) is 0 Å². The molecule has 4 rings (SSSR count). The Labute approximate surface area is 225 Å². The van der Waals surface area contributed by atoms with Gasteiger partial charge in [-0.3, -0.25) is 0 Å². The number of benzene rings is 2. The molecule has 2 aromatic carbocycles. The Morgan fingerprint density at radius 3 is 2.20 bits per heavy atom. The first-order valence-corrected chi connectivity index (χ1v) is 12.2. The molecule has 3 aromatic rings. The molecule has 1 aliphatic rings. The molecule has 3 atom stereocenters. The van der Waals surface area contributed by atoms with Crippen LogP contribution in [0.1, 0.15) is 47.9 Å². The van der Waals surface area contributed by atoms with Crippen molar-refractivity contribution in [2.75, 3.05) is 32.1 Å². The van der Waals surface area contributed by atoms with E-state index < -0.39 is 47.2 Å². The second-order valence-corrected chi connectivity index (χ2v) is 9.96. The van der Waals surface area contributed by atoms with Crippen molar-refractivity contribution < 1.29 is 40.2 Å². The summed E-state index contributed by atoms with van der Waals surface area (Å²) in [6.45, 7) is 3.86. The van der Waals surface area contributed by atoms with Crippen LogP contribution in [0.5, 0.6) is 0 Å². The van der Waals surface area contributed by atoms with Crippen LogP contribution in [0.3, 0.4) is 0 Å². The summed E-state index contributed by atoms with van der Waals surface area (Å²) >= 11 is 0. The molecule has 0 spiro atoms. The Kier molecular flexibility index (Phi) is 8.16. The van der Waals surface area contributed by atoms with E-state index >= 15 is 0 Å². The zero-order valence-corrected chi connectivity index (χ0v) is 22.1. The van der Waals surface area contributed by atoms with Crippen LogP contribution in [-0.4, -0.2) is 53.8 Å². The van der Waals surface area contributed by atoms with Crippen molar-refractivity contribution in [3.8, 4) is 0 Å². The van der Waals surface area contributed by atoms with Crippen LogP contribution >= 0.6 is 0 Å². The first-order chi connectivity index (χ1) is 18.6. The average molecular weight is 576 g/mol. The van der Waals surface area contributed by atoms with Crippen molar-refractivity contribution in [1.82, 2.24) is 20.3 Å². The van der Waals surface area contributed by atoms with E-state index in [1.54, 1.807) is 6.92 Å². The van der Waals surface area contributed by atoms with Crippen LogP contribution in [-0.2, 0) is 33.9 Å². The quantitative estimate of drug-likeness (QED) is 0.354. The van der Waals surface area contributed by atoms with Crippen LogP contribution < -0.4 is 4.90 Å². The normalized spacial score (nSPS) is 21.2. The number of halogens is 7. The summed E-state index contributed by atoms with van der Waals surface area (Å²) in [6, 6.07) is 6.81. The van der Waals surface area contributed by atoms with Gasteiger partial charge in [0.05, 0.1) is 23.8 Å². The maximum Gasteiger partial charge on any atom is 0.416 e. The van der Waals surface area contributed by atoms with Gasteiger partial charge in [-0.25, -0.2) is 4.39 Å². The summed E-state index contributed by atoms with van der Waals surface area (Å²) in [5, 5.41) is 11.1. The van der Waals surface area contributed by atoms with Crippen molar-refractivity contribution in [2.45, 2.75) is 50.7 Å². The lowest BCUT2D eigenvalue weighted by Crippen LogP contribution is -2.60. The minimum Gasteiger partial charge on any atom is -0.348 e. The molecule has 7 nitrogen and oxygen atoms in total. The lowest BCUT2D eigenvalue weighted by molar-refractivity contribution is -0.217. The number of morpholine rings is 1. The zero-order chi connectivity index (χ0) is 29.5. The molecule has 14 heteroatoms. The SMILES string of the molecule is C[C@@H](OC1OCCN(c2n[nH]nc2CN(C)C)[C@@]1(C)c1ccc(F)cc1)c1cc(C(F)(F)F)cc(C(F)(F)F)c1. The van der Waals surface area contributed by atoms with Crippen LogP contribution in [0.25, 0.3) is 0 Å². The topological polar surface area (TPSA) is 66.5 Å². The number of aromatic nitrogens is 3. The molecule has 0 saturated carbocycles. The van der Waals surface area contributed by atoms with E-state index in [0.717, 1.165) is 0 Å². The van der Waals surface area contributed by atoms with E-state index in [4.69, 9.17) is 9.47 Å². The number of rotatable bonds is 7. The fraction of sp³-hybridized carbons (Fsp3) is 0.462. The Morgan fingerprint density at radius 1 is 1.05 bits per heavy atom. The van der Waals surface area contributed by atoms with Crippen LogP contribution in [0.4, 0.5) is 36.6 Å². The van der Waals surface area contributed by atoms with Crippen molar-refractivity contribution >= 4 is 5.82 Å². The highest BCUT2D eigenvalue weighted by molar-refractivity contribution is 5.50. The molecule has 1 unspecified atom stereocenters. The number of nitrogens with one attached hydrogen (secondary N) is 1. The van der Waals surface area contributed by atoms with E-state index in [1.807, 2.05) is 23.9 Å². The van der Waals surface area contributed by atoms with Gasteiger partial charge in [-0.2, -0.15) is 36.7 Å². The highest BCUT2D eigenvalue weighted by Crippen LogP contribution is 2.43. The molecular weight excluding hydrogens is 547 g/mol. The second-order valence-electron chi connectivity index (χ2n) is 9.96. The minimum atomic E-state index is -5.01. The number of alkyl halides is 6. The van der Waals surface area contributed by atoms with Gasteiger partial charge in [-0.1, -0.05) is 12.1 Å². The van der Waals surface area contributed by atoms with Gasteiger partial charge in [-0.05, 0) is 69.4 Å². The van der Waals surface area contributed by atoms with Crippen LogP contribution in [0, 0.1) is 5.82 Å². The maximum atomic E-state index is 13.9. The molecule has 0 aliphatic carbocycles. The summed E-state index contributed by atoms with van der Waals surface area (Å²) in [5.41, 5.74) is -3.37. The van der Waals surface area contributed by atoms with Gasteiger partial charge in [0.2, 0.25) is 0 Å². The maximum absolute atomic E-state index is 13.9. The first kappa shape index (κ1) is 29.7. The van der Waals surface area contributed by atoms with Crippen molar-refractivity contribution in [1.29, 1.82) is 0 Å². The molecule has 1 N–H and O–H groups in total. The van der Waals surface area contributed by atoms with E-state index in [9.17, 15) is 30.7 Å². The Balaban J connectivity index is 1.77. The summed E-state index contributed by atoms with van der Waals surface area (Å²) < 4.78 is 107. The van der Waals surface area contributed by atoms with E-state index in [0.29, 0.717) is 35.8 Å². The lowest BCUT2D eigenvalue weighted by atomic mass is 9.87. The van der Waals surface area contributed by atoms with Gasteiger partial charge in [0.25, 0.3) is 0 Å². The average Bonchev–Trinajstić information content (AvgIpc) is 3.31. The summed E-state index contributed by atoms with van der Waals surface area (Å²) in [6.07, 6.45) is -12.5. The van der Waals surface area contributed by atoms with Gasteiger partial charge in [0.1, 0.15) is 17.1 Å². The third-order valence-corrected chi connectivity index (χ3v) is 6.76. The largest absolute Gasteiger partial charge is 0.416 e. The van der Waals surface area contributed by atoms with E-state index in [2.05, 4.69) is 15.4 Å². The standard InChI is InChI=1S/C26H28F7N5O2/c1-15(16-11-18(25(28,29)30)13-19(12-16)26(31,32)33)40-23-24(2,17-5-7-20(27)8-6-17)38(9-10-39-23)22-21(14-37(3)4)34-36-35-22/h5-8,11-13,15,23H,9-10,14H2,1-4H3,(H,34,35,36)/t15-,23?,24+/m1/s1. The summed E-state index contributed by atoms with van der Waals surface area (Å²) in [5.74, 6) is -0.0525. The second kappa shape index (κ2) is 11.0. The Hall–Kier alpha value is -3.23. The van der Waals surface area contributed by atoms with Crippen molar-refractivity contribution in [2.24, 2.45) is 0 Å². The molecule has 0 radical (unpaired) electrons. The third-order valence-electron chi connectivity index (χ3n) is 6.76. The van der Waals surface area contributed by atoms with Crippen molar-refractivity contribution in [3.05, 3.63) is 76.2 Å². The molecule has 2 heterocycles. The third kappa shape index (κ3) is 6.08. The number of aromatic amines is 1. The van der Waals surface area contributed by atoms with Gasteiger partial charge >= 0.3 is 12.4 Å². The van der Waals surface area contributed by atoms with E-state index in [1.165, 1.54) is 31.2 Å². The predicted octanol–water partition coefficient (Wildman–Crippen LogP) is 5.90. The summed E-state index contributed by atoms with van der Waals surface area (Å²) in [7, 11) is 3.68. The Morgan fingerprint density at radius 2 is 1.65 bits per heavy atom. The molecule has 1 aliphatic heterocycles. The number of nitrogens with zero attached hydrogens (tertiary/aromatic N) is 4. The molecule has 0 bridgehead atoms. The number of ether oxygens (including phenoxy) is 2. The molecule has 1 aromatic heterocycles. The molecule has 0 amide bonds. The highest BCUT2D eigenvalue weighted by Gasteiger charge is 2.49. The fourth-order valence-electron chi connectivity index (χ4n) is 4.70. The minimum absolute atomic E-state index is 0.0640. The molecular formula is C26H28F7N5O2. The predicted molar refractivity (Wildman–Crippen MR) is 131 cm³/mol. The van der Waals surface area contributed by atoms with Crippen molar-refractivity contribution in [3.63, 3.8) is 0 Å². The summed E-state index contributed by atoms with van der Waals surface area (Å²) in [4.78, 5) is 3.70. The lowest BCUT2D eigenvalue weighted by Gasteiger charge is -2.50.